The quantitative estimate of drug-likeness (QED) is 0.123. The number of nitro groups is 1. The predicted octanol–water partition coefficient (Wildman–Crippen LogP) is 5.94. The molecule has 0 aromatic heterocycles. The maximum Gasteiger partial charge on any atom is 0.246 e. The monoisotopic (exact) mass is 333 g/mol. The van der Waals surface area contributed by atoms with Crippen LogP contribution < -0.4 is 0 Å². The fourth-order valence-electron chi connectivity index (χ4n) is 2.07. The van der Waals surface area contributed by atoms with E-state index in [1.807, 2.05) is 30.4 Å². The molecule has 24 heavy (non-hydrogen) atoms. The van der Waals surface area contributed by atoms with Crippen molar-refractivity contribution in [1.29, 1.82) is 0 Å². The molecule has 0 bridgehead atoms. The van der Waals surface area contributed by atoms with Crippen LogP contribution in [0.2, 0.25) is 0 Å². The lowest BCUT2D eigenvalue weighted by molar-refractivity contribution is -0.427. The van der Waals surface area contributed by atoms with Crippen LogP contribution in [0, 0.1) is 10.1 Å². The van der Waals surface area contributed by atoms with Crippen LogP contribution in [0.1, 0.15) is 71.1 Å². The molecular weight excluding hydrogens is 302 g/mol. The van der Waals surface area contributed by atoms with Crippen LogP contribution in [0.15, 0.2) is 48.2 Å². The fourth-order valence-corrected chi connectivity index (χ4v) is 2.07. The Bertz CT molecular complexity index is 448. The number of hydrogen-bond donors (Lipinski definition) is 0. The number of allylic oxidation sites excluding steroid dienone is 7. The summed E-state index contributed by atoms with van der Waals surface area (Å²) in [5.74, 6) is 0. The molecule has 0 N–H and O–H groups in total. The molecule has 0 radical (unpaired) electrons. The second kappa shape index (κ2) is 17.4. The van der Waals surface area contributed by atoms with Gasteiger partial charge in [0.05, 0.1) is 11.3 Å². The summed E-state index contributed by atoms with van der Waals surface area (Å²) in [6.07, 6.45) is 23.4. The van der Waals surface area contributed by atoms with Gasteiger partial charge in [-0.1, -0.05) is 56.2 Å². The highest BCUT2D eigenvalue weighted by Gasteiger charge is 2.06. The summed E-state index contributed by atoms with van der Waals surface area (Å²) in [5, 5.41) is 11.0. The second-order valence-electron chi connectivity index (χ2n) is 5.64. The number of carbonyl (C=O) groups excluding carboxylic acids is 1. The molecule has 0 atom stereocenters. The Balaban J connectivity index is 4.02. The Kier molecular flexibility index (Phi) is 16.0. The third-order valence-electron chi connectivity index (χ3n) is 3.49. The van der Waals surface area contributed by atoms with Crippen LogP contribution in [-0.2, 0) is 4.79 Å². The van der Waals surface area contributed by atoms with Gasteiger partial charge in [-0.15, -0.1) is 0 Å². The van der Waals surface area contributed by atoms with E-state index in [0.717, 1.165) is 32.0 Å². The molecule has 0 spiro atoms. The van der Waals surface area contributed by atoms with E-state index in [4.69, 9.17) is 0 Å². The van der Waals surface area contributed by atoms with Crippen molar-refractivity contribution in [1.82, 2.24) is 0 Å². The average molecular weight is 333 g/mol. The minimum absolute atomic E-state index is 0.249. The van der Waals surface area contributed by atoms with Crippen molar-refractivity contribution >= 4 is 6.29 Å². The number of hydrogen-bond acceptors (Lipinski definition) is 3. The van der Waals surface area contributed by atoms with Crippen LogP contribution in [-0.4, -0.2) is 11.2 Å². The van der Waals surface area contributed by atoms with E-state index in [2.05, 4.69) is 13.0 Å². The molecule has 4 nitrogen and oxygen atoms in total. The van der Waals surface area contributed by atoms with Gasteiger partial charge >= 0.3 is 0 Å². The molecule has 0 aliphatic heterocycles. The zero-order valence-corrected chi connectivity index (χ0v) is 14.9. The van der Waals surface area contributed by atoms with Crippen LogP contribution in [0.25, 0.3) is 0 Å². The van der Waals surface area contributed by atoms with Crippen LogP contribution in [0.5, 0.6) is 0 Å². The Morgan fingerprint density at radius 3 is 2.21 bits per heavy atom. The Morgan fingerprint density at radius 1 is 0.875 bits per heavy atom. The van der Waals surface area contributed by atoms with Crippen molar-refractivity contribution in [2.24, 2.45) is 0 Å². The summed E-state index contributed by atoms with van der Waals surface area (Å²) in [5.41, 5.74) is 0.249. The smallest absolute Gasteiger partial charge is 0.246 e. The standard InChI is InChI=1S/C20H31NO3/c1-2-3-4-5-8-11-14-17-20(21(23)24)18-15-12-9-6-7-10-13-16-19-22/h6-8,11-12,15,17,19H,2-5,9-10,13-14,16,18H2,1H3/b7-6-,11-8-,15-12-,20-17+. The van der Waals surface area contributed by atoms with Gasteiger partial charge < -0.3 is 4.79 Å². The maximum atomic E-state index is 11.0. The summed E-state index contributed by atoms with van der Waals surface area (Å²) in [6.45, 7) is 2.17. The molecule has 4 heteroatoms. The molecule has 0 fully saturated rings. The zero-order chi connectivity index (χ0) is 17.9. The highest BCUT2D eigenvalue weighted by molar-refractivity contribution is 5.49. The van der Waals surface area contributed by atoms with Crippen molar-refractivity contribution in [3.05, 3.63) is 58.3 Å². The highest BCUT2D eigenvalue weighted by atomic mass is 16.6. The van der Waals surface area contributed by atoms with E-state index >= 15 is 0 Å². The fraction of sp³-hybridized carbons (Fsp3) is 0.550. The first-order valence-electron chi connectivity index (χ1n) is 8.94. The van der Waals surface area contributed by atoms with E-state index in [0.29, 0.717) is 19.3 Å². The number of rotatable bonds is 15. The molecule has 0 amide bonds. The van der Waals surface area contributed by atoms with Gasteiger partial charge in [0.25, 0.3) is 0 Å². The number of aldehydes is 1. The van der Waals surface area contributed by atoms with Gasteiger partial charge in [0.1, 0.15) is 6.29 Å². The molecule has 0 rings (SSSR count). The van der Waals surface area contributed by atoms with Gasteiger partial charge in [0, 0.05) is 6.42 Å². The molecular formula is C20H31NO3. The van der Waals surface area contributed by atoms with Gasteiger partial charge in [-0.3, -0.25) is 10.1 Å². The SMILES string of the molecule is CCCCC/C=C\C/C=C(\C/C=C\C/C=C\CCCC=O)[N+](=O)[O-]. The lowest BCUT2D eigenvalue weighted by Gasteiger charge is -1.94. The van der Waals surface area contributed by atoms with Crippen molar-refractivity contribution < 1.29 is 9.72 Å². The van der Waals surface area contributed by atoms with Crippen molar-refractivity contribution in [2.75, 3.05) is 0 Å². The Labute approximate surface area is 146 Å². The first kappa shape index (κ1) is 22.0. The highest BCUT2D eigenvalue weighted by Crippen LogP contribution is 2.07. The topological polar surface area (TPSA) is 60.2 Å². The Morgan fingerprint density at radius 2 is 1.54 bits per heavy atom. The summed E-state index contributed by atoms with van der Waals surface area (Å²) < 4.78 is 0. The molecule has 0 aliphatic carbocycles. The first-order chi connectivity index (χ1) is 11.7. The summed E-state index contributed by atoms with van der Waals surface area (Å²) >= 11 is 0. The Hall–Kier alpha value is -1.97. The molecule has 0 aromatic rings. The minimum atomic E-state index is -0.301. The van der Waals surface area contributed by atoms with Gasteiger partial charge in [-0.2, -0.15) is 0 Å². The molecule has 0 saturated heterocycles. The predicted molar refractivity (Wildman–Crippen MR) is 100 cm³/mol. The van der Waals surface area contributed by atoms with E-state index in [9.17, 15) is 14.9 Å². The zero-order valence-electron chi connectivity index (χ0n) is 14.9. The molecule has 0 unspecified atom stereocenters. The molecule has 0 aliphatic rings. The van der Waals surface area contributed by atoms with E-state index in [-0.39, 0.29) is 10.6 Å². The number of nitrogens with zero attached hydrogens (tertiary/aromatic N) is 1. The third-order valence-corrected chi connectivity index (χ3v) is 3.49. The molecule has 134 valence electrons. The third kappa shape index (κ3) is 14.9. The lowest BCUT2D eigenvalue weighted by atomic mass is 10.2. The van der Waals surface area contributed by atoms with E-state index in [1.165, 1.54) is 19.3 Å². The molecule has 0 aromatic carbocycles. The maximum absolute atomic E-state index is 11.0. The minimum Gasteiger partial charge on any atom is -0.303 e. The van der Waals surface area contributed by atoms with Gasteiger partial charge in [0.2, 0.25) is 5.70 Å². The van der Waals surface area contributed by atoms with Crippen molar-refractivity contribution in [2.45, 2.75) is 71.1 Å². The molecule has 0 heterocycles. The summed E-state index contributed by atoms with van der Waals surface area (Å²) in [6, 6.07) is 0. The van der Waals surface area contributed by atoms with E-state index < -0.39 is 0 Å². The second-order valence-corrected chi connectivity index (χ2v) is 5.64. The first-order valence-corrected chi connectivity index (χ1v) is 8.94. The largest absolute Gasteiger partial charge is 0.303 e. The van der Waals surface area contributed by atoms with Crippen LogP contribution >= 0.6 is 0 Å². The average Bonchev–Trinajstić information content (AvgIpc) is 2.57. The van der Waals surface area contributed by atoms with E-state index in [1.54, 1.807) is 6.08 Å². The normalized spacial score (nSPS) is 12.6. The lowest BCUT2D eigenvalue weighted by Crippen LogP contribution is -1.97. The number of carbonyl (C=O) groups is 1. The summed E-state index contributed by atoms with van der Waals surface area (Å²) in [7, 11) is 0. The summed E-state index contributed by atoms with van der Waals surface area (Å²) in [4.78, 5) is 20.9. The van der Waals surface area contributed by atoms with Crippen LogP contribution in [0.4, 0.5) is 0 Å². The van der Waals surface area contributed by atoms with Gasteiger partial charge in [-0.05, 0) is 44.6 Å². The van der Waals surface area contributed by atoms with Crippen molar-refractivity contribution in [3.63, 3.8) is 0 Å². The van der Waals surface area contributed by atoms with Crippen LogP contribution in [0.3, 0.4) is 0 Å². The number of unbranched alkanes of at least 4 members (excludes halogenated alkanes) is 5. The van der Waals surface area contributed by atoms with Crippen molar-refractivity contribution in [3.8, 4) is 0 Å². The molecule has 0 saturated carbocycles. The van der Waals surface area contributed by atoms with Gasteiger partial charge in [0.15, 0.2) is 0 Å². The van der Waals surface area contributed by atoms with Gasteiger partial charge in [-0.25, -0.2) is 0 Å².